The summed E-state index contributed by atoms with van der Waals surface area (Å²) in [5.41, 5.74) is 1.38. The van der Waals surface area contributed by atoms with Crippen molar-refractivity contribution >= 4 is 29.9 Å². The molecule has 7 heteroatoms. The van der Waals surface area contributed by atoms with Gasteiger partial charge >= 0.3 is 0 Å². The van der Waals surface area contributed by atoms with Crippen LogP contribution in [-0.2, 0) is 15.9 Å². The van der Waals surface area contributed by atoms with Crippen LogP contribution < -0.4 is 5.32 Å². The molecule has 1 saturated heterocycles. The third-order valence-electron chi connectivity index (χ3n) is 5.72. The number of rotatable bonds is 12. The number of likely N-dealkylation sites (tertiary alicyclic amines) is 1. The molecule has 0 amide bonds. The van der Waals surface area contributed by atoms with Crippen LogP contribution in [0.4, 0.5) is 0 Å². The molecule has 1 N–H and O–H groups in total. The van der Waals surface area contributed by atoms with Gasteiger partial charge in [0, 0.05) is 45.8 Å². The van der Waals surface area contributed by atoms with Crippen LogP contribution in [0, 0.1) is 5.92 Å². The first-order valence-electron chi connectivity index (χ1n) is 11.0. The van der Waals surface area contributed by atoms with Crippen molar-refractivity contribution in [1.82, 2.24) is 15.1 Å². The number of benzene rings is 1. The van der Waals surface area contributed by atoms with Crippen LogP contribution in [0.3, 0.4) is 0 Å². The number of aliphatic imine (C=N–C) groups is 1. The van der Waals surface area contributed by atoms with Crippen LogP contribution >= 0.6 is 24.0 Å². The average Bonchev–Trinajstić information content (AvgIpc) is 3.22. The zero-order valence-corrected chi connectivity index (χ0v) is 21.5. The van der Waals surface area contributed by atoms with Gasteiger partial charge in [-0.25, -0.2) is 0 Å². The van der Waals surface area contributed by atoms with Crippen LogP contribution in [0.15, 0.2) is 35.3 Å². The predicted molar refractivity (Wildman–Crippen MR) is 136 cm³/mol. The molecule has 1 aromatic rings. The zero-order chi connectivity index (χ0) is 20.9. The number of hydrogen-bond donors (Lipinski definition) is 1. The number of nitrogens with zero attached hydrogens (tertiary/aromatic N) is 3. The van der Waals surface area contributed by atoms with E-state index in [1.165, 1.54) is 5.56 Å². The second-order valence-electron chi connectivity index (χ2n) is 7.66. The fourth-order valence-electron chi connectivity index (χ4n) is 4.05. The Bertz CT molecular complexity index is 584. The Hall–Kier alpha value is -0.900. The molecule has 2 atom stereocenters. The standard InChI is InChI=1S/C23H40N4O2.HI/c1-5-26(6-2)22(16-20-10-8-7-9-11-20)17-25-23(24-3)27-13-12-21(18-27)19-29-15-14-28-4;/h7-11,21-22H,5-6,12-19H2,1-4H3,(H,24,25);1H. The van der Waals surface area contributed by atoms with Crippen molar-refractivity contribution in [3.8, 4) is 0 Å². The van der Waals surface area contributed by atoms with Gasteiger partial charge in [-0.05, 0) is 31.5 Å². The normalized spacial score (nSPS) is 17.8. The molecule has 1 aromatic carbocycles. The summed E-state index contributed by atoms with van der Waals surface area (Å²) in [5.74, 6) is 1.57. The molecule has 1 aliphatic heterocycles. The maximum atomic E-state index is 5.73. The Morgan fingerprint density at radius 1 is 1.23 bits per heavy atom. The van der Waals surface area contributed by atoms with Gasteiger partial charge in [0.15, 0.2) is 5.96 Å². The Kier molecular flexibility index (Phi) is 14.3. The van der Waals surface area contributed by atoms with Crippen LogP contribution in [0.2, 0.25) is 0 Å². The molecule has 30 heavy (non-hydrogen) atoms. The minimum Gasteiger partial charge on any atom is -0.382 e. The van der Waals surface area contributed by atoms with Crippen molar-refractivity contribution in [1.29, 1.82) is 0 Å². The first-order valence-corrected chi connectivity index (χ1v) is 11.0. The topological polar surface area (TPSA) is 49.3 Å². The van der Waals surface area contributed by atoms with E-state index >= 15 is 0 Å². The summed E-state index contributed by atoms with van der Waals surface area (Å²) in [4.78, 5) is 9.46. The molecule has 6 nitrogen and oxygen atoms in total. The van der Waals surface area contributed by atoms with E-state index in [0.717, 1.165) is 58.1 Å². The van der Waals surface area contributed by atoms with Crippen molar-refractivity contribution < 1.29 is 9.47 Å². The number of likely N-dealkylation sites (N-methyl/N-ethyl adjacent to an activating group) is 1. The average molecular weight is 533 g/mol. The highest BCUT2D eigenvalue weighted by Gasteiger charge is 2.26. The van der Waals surface area contributed by atoms with Crippen LogP contribution in [0.1, 0.15) is 25.8 Å². The molecule has 0 bridgehead atoms. The molecule has 0 aliphatic carbocycles. The van der Waals surface area contributed by atoms with Crippen LogP contribution in [0.25, 0.3) is 0 Å². The second-order valence-corrected chi connectivity index (χ2v) is 7.66. The molecular weight excluding hydrogens is 491 g/mol. The smallest absolute Gasteiger partial charge is 0.193 e. The maximum absolute atomic E-state index is 5.73. The van der Waals surface area contributed by atoms with Gasteiger partial charge in [0.1, 0.15) is 0 Å². The van der Waals surface area contributed by atoms with E-state index in [4.69, 9.17) is 9.47 Å². The summed E-state index contributed by atoms with van der Waals surface area (Å²) in [6.45, 7) is 11.7. The van der Waals surface area contributed by atoms with Gasteiger partial charge in [-0.2, -0.15) is 0 Å². The molecule has 0 saturated carbocycles. The third kappa shape index (κ3) is 9.08. The minimum absolute atomic E-state index is 0. The summed E-state index contributed by atoms with van der Waals surface area (Å²) >= 11 is 0. The Labute approximate surface area is 200 Å². The quantitative estimate of drug-likeness (QED) is 0.194. The van der Waals surface area contributed by atoms with E-state index < -0.39 is 0 Å². The molecule has 2 rings (SSSR count). The highest BCUT2D eigenvalue weighted by atomic mass is 127. The third-order valence-corrected chi connectivity index (χ3v) is 5.72. The number of halogens is 1. The van der Waals surface area contributed by atoms with Crippen molar-refractivity contribution in [2.24, 2.45) is 10.9 Å². The lowest BCUT2D eigenvalue weighted by Gasteiger charge is -2.32. The number of methoxy groups -OCH3 is 1. The van der Waals surface area contributed by atoms with E-state index in [-0.39, 0.29) is 24.0 Å². The number of guanidine groups is 1. The second kappa shape index (κ2) is 15.8. The molecule has 1 aliphatic rings. The van der Waals surface area contributed by atoms with E-state index in [2.05, 4.69) is 64.3 Å². The molecule has 172 valence electrons. The van der Waals surface area contributed by atoms with Crippen LogP contribution in [0.5, 0.6) is 0 Å². The van der Waals surface area contributed by atoms with Gasteiger partial charge in [0.05, 0.1) is 19.8 Å². The molecule has 0 spiro atoms. The first-order chi connectivity index (χ1) is 14.2. The van der Waals surface area contributed by atoms with Gasteiger partial charge in [0.2, 0.25) is 0 Å². The monoisotopic (exact) mass is 532 g/mol. The lowest BCUT2D eigenvalue weighted by atomic mass is 10.0. The summed E-state index contributed by atoms with van der Waals surface area (Å²) in [7, 11) is 3.59. The Morgan fingerprint density at radius 2 is 1.97 bits per heavy atom. The van der Waals surface area contributed by atoms with E-state index in [1.54, 1.807) is 7.11 Å². The molecular formula is C23H41IN4O2. The highest BCUT2D eigenvalue weighted by Crippen LogP contribution is 2.17. The SMILES string of the molecule is CCN(CC)C(CNC(=NC)N1CCC(COCCOC)C1)Cc1ccccc1.I. The van der Waals surface area contributed by atoms with Crippen molar-refractivity contribution in [2.75, 3.05) is 66.7 Å². The Balaban J connectivity index is 0.00000450. The minimum atomic E-state index is 0. The maximum Gasteiger partial charge on any atom is 0.193 e. The predicted octanol–water partition coefficient (Wildman–Crippen LogP) is 3.12. The fraction of sp³-hybridized carbons (Fsp3) is 0.696. The largest absolute Gasteiger partial charge is 0.382 e. The lowest BCUT2D eigenvalue weighted by molar-refractivity contribution is 0.0536. The van der Waals surface area contributed by atoms with Gasteiger partial charge in [-0.15, -0.1) is 24.0 Å². The summed E-state index contributed by atoms with van der Waals surface area (Å²) in [6.07, 6.45) is 2.19. The summed E-state index contributed by atoms with van der Waals surface area (Å²) in [5, 5.41) is 3.65. The van der Waals surface area contributed by atoms with Gasteiger partial charge in [0.25, 0.3) is 0 Å². The molecule has 1 heterocycles. The number of ether oxygens (including phenoxy) is 2. The van der Waals surface area contributed by atoms with Gasteiger partial charge < -0.3 is 19.7 Å². The Morgan fingerprint density at radius 3 is 2.60 bits per heavy atom. The molecule has 2 unspecified atom stereocenters. The van der Waals surface area contributed by atoms with E-state index in [1.807, 2.05) is 7.05 Å². The van der Waals surface area contributed by atoms with E-state index in [9.17, 15) is 0 Å². The zero-order valence-electron chi connectivity index (χ0n) is 19.2. The molecule has 0 aromatic heterocycles. The van der Waals surface area contributed by atoms with E-state index in [0.29, 0.717) is 25.2 Å². The van der Waals surface area contributed by atoms with Crippen molar-refractivity contribution in [3.63, 3.8) is 0 Å². The summed E-state index contributed by atoms with van der Waals surface area (Å²) < 4.78 is 10.8. The van der Waals surface area contributed by atoms with Crippen molar-refractivity contribution in [3.05, 3.63) is 35.9 Å². The van der Waals surface area contributed by atoms with Crippen LogP contribution in [-0.4, -0.2) is 88.5 Å². The number of hydrogen-bond acceptors (Lipinski definition) is 4. The fourth-order valence-corrected chi connectivity index (χ4v) is 4.05. The lowest BCUT2D eigenvalue weighted by Crippen LogP contribution is -2.49. The molecule has 0 radical (unpaired) electrons. The first kappa shape index (κ1) is 27.1. The number of nitrogens with one attached hydrogen (secondary N) is 1. The van der Waals surface area contributed by atoms with Gasteiger partial charge in [-0.1, -0.05) is 44.2 Å². The molecule has 1 fully saturated rings. The highest BCUT2D eigenvalue weighted by molar-refractivity contribution is 14.0. The summed E-state index contributed by atoms with van der Waals surface area (Å²) in [6, 6.07) is 11.2. The van der Waals surface area contributed by atoms with Crippen molar-refractivity contribution in [2.45, 2.75) is 32.7 Å². The van der Waals surface area contributed by atoms with Gasteiger partial charge in [-0.3, -0.25) is 9.89 Å².